The SMILES string of the molecule is CCc1ccccc1N1C[C@H](C(=O)Oc2ccc(N3C(=O)[C@@H]4[C@H]5C[C@@H]([C@H](Br)[C@@H]5Br)[C@@H]4C3=O)c(C)c2)CC1=O. The third-order valence-electron chi connectivity index (χ3n) is 8.74. The van der Waals surface area contributed by atoms with Gasteiger partial charge in [-0.05, 0) is 67.0 Å². The normalized spacial score (nSPS) is 31.9. The fraction of sp³-hybridized carbons (Fsp3) is 0.448. The zero-order chi connectivity index (χ0) is 26.9. The molecule has 4 fully saturated rings. The van der Waals surface area contributed by atoms with Gasteiger partial charge in [0.1, 0.15) is 5.75 Å². The van der Waals surface area contributed by atoms with Crippen LogP contribution in [0.4, 0.5) is 11.4 Å². The van der Waals surface area contributed by atoms with Crippen LogP contribution in [0.5, 0.6) is 5.75 Å². The Balaban J connectivity index is 1.16. The predicted molar refractivity (Wildman–Crippen MR) is 150 cm³/mol. The molecule has 2 saturated heterocycles. The van der Waals surface area contributed by atoms with E-state index in [1.54, 1.807) is 30.0 Å². The fourth-order valence-corrected chi connectivity index (χ4v) is 8.77. The largest absolute Gasteiger partial charge is 0.426 e. The maximum absolute atomic E-state index is 13.4. The number of imide groups is 1. The Morgan fingerprint density at radius 3 is 2.26 bits per heavy atom. The van der Waals surface area contributed by atoms with Crippen molar-refractivity contribution in [2.24, 2.45) is 29.6 Å². The van der Waals surface area contributed by atoms with Gasteiger partial charge in [-0.2, -0.15) is 0 Å². The van der Waals surface area contributed by atoms with Gasteiger partial charge < -0.3 is 9.64 Å². The highest BCUT2D eigenvalue weighted by atomic mass is 79.9. The number of ether oxygens (including phenoxy) is 1. The molecule has 38 heavy (non-hydrogen) atoms. The van der Waals surface area contributed by atoms with E-state index in [9.17, 15) is 19.2 Å². The van der Waals surface area contributed by atoms with Crippen LogP contribution >= 0.6 is 31.9 Å². The number of nitrogens with zero attached hydrogens (tertiary/aromatic N) is 2. The number of esters is 1. The van der Waals surface area contributed by atoms with Crippen LogP contribution < -0.4 is 14.5 Å². The van der Waals surface area contributed by atoms with Crippen molar-refractivity contribution in [1.29, 1.82) is 0 Å². The molecule has 2 aromatic rings. The lowest BCUT2D eigenvalue weighted by molar-refractivity contribution is -0.139. The molecule has 6 rings (SSSR count). The average molecular weight is 644 g/mol. The zero-order valence-corrected chi connectivity index (χ0v) is 24.3. The van der Waals surface area contributed by atoms with Crippen molar-refractivity contribution in [2.75, 3.05) is 16.3 Å². The fourth-order valence-electron chi connectivity index (χ4n) is 6.90. The third-order valence-corrected chi connectivity index (χ3v) is 11.9. The van der Waals surface area contributed by atoms with Crippen molar-refractivity contribution in [1.82, 2.24) is 0 Å². The zero-order valence-electron chi connectivity index (χ0n) is 21.1. The summed E-state index contributed by atoms with van der Waals surface area (Å²) >= 11 is 7.44. The monoisotopic (exact) mass is 642 g/mol. The van der Waals surface area contributed by atoms with Crippen LogP contribution in [0.2, 0.25) is 0 Å². The lowest BCUT2D eigenvalue weighted by Gasteiger charge is -2.28. The second-order valence-corrected chi connectivity index (χ2v) is 12.9. The molecule has 2 bridgehead atoms. The number of para-hydroxylation sites is 1. The van der Waals surface area contributed by atoms with Gasteiger partial charge in [-0.25, -0.2) is 4.90 Å². The van der Waals surface area contributed by atoms with E-state index in [4.69, 9.17) is 4.74 Å². The van der Waals surface area contributed by atoms with Crippen LogP contribution in [0.15, 0.2) is 42.5 Å². The van der Waals surface area contributed by atoms with Gasteiger partial charge in [-0.15, -0.1) is 0 Å². The second kappa shape index (κ2) is 9.59. The molecule has 2 heterocycles. The number of anilines is 2. The number of amides is 3. The maximum atomic E-state index is 13.4. The van der Waals surface area contributed by atoms with Crippen LogP contribution in [-0.2, 0) is 25.6 Å². The van der Waals surface area contributed by atoms with E-state index in [1.807, 2.05) is 31.2 Å². The summed E-state index contributed by atoms with van der Waals surface area (Å²) in [6.07, 6.45) is 1.77. The first-order valence-electron chi connectivity index (χ1n) is 13.1. The van der Waals surface area contributed by atoms with E-state index in [-0.39, 0.29) is 64.0 Å². The molecule has 0 aromatic heterocycles. The summed E-state index contributed by atoms with van der Waals surface area (Å²) in [4.78, 5) is 55.9. The number of benzene rings is 2. The lowest BCUT2D eigenvalue weighted by Crippen LogP contribution is -2.37. The van der Waals surface area contributed by atoms with Crippen molar-refractivity contribution in [3.05, 3.63) is 53.6 Å². The molecule has 198 valence electrons. The molecular weight excluding hydrogens is 616 g/mol. The number of aryl methyl sites for hydroxylation is 2. The number of carbonyl (C=O) groups excluding carboxylic acids is 4. The van der Waals surface area contributed by atoms with Gasteiger partial charge in [0.15, 0.2) is 0 Å². The van der Waals surface area contributed by atoms with E-state index in [1.165, 1.54) is 4.90 Å². The standard InChI is InChI=1S/C29H28Br2N2O5/c1-3-15-6-4-5-7-21(15)32-13-16(11-22(32)34)29(37)38-17-8-9-20(14(2)10-17)33-27(35)23-18-12-19(24(23)28(33)36)26(31)25(18)30/h4-10,16,18-19,23-26H,3,11-13H2,1-2H3/t16-,18-,19-,23-,24+,25-,26+/m1/s1. The summed E-state index contributed by atoms with van der Waals surface area (Å²) in [5, 5.41) is 0. The average Bonchev–Trinajstić information content (AvgIpc) is 3.62. The van der Waals surface area contributed by atoms with Gasteiger partial charge in [-0.1, -0.05) is 57.0 Å². The molecule has 2 aliphatic carbocycles. The Labute approximate surface area is 238 Å². The third kappa shape index (κ3) is 3.87. The summed E-state index contributed by atoms with van der Waals surface area (Å²) in [5.74, 6) is -1.36. The van der Waals surface area contributed by atoms with Gasteiger partial charge in [0, 0.05) is 28.3 Å². The molecule has 4 aliphatic rings. The minimum Gasteiger partial charge on any atom is -0.426 e. The molecule has 2 aliphatic heterocycles. The highest BCUT2D eigenvalue weighted by Crippen LogP contribution is 2.60. The van der Waals surface area contributed by atoms with Crippen LogP contribution in [0, 0.1) is 36.5 Å². The van der Waals surface area contributed by atoms with Gasteiger partial charge in [0.05, 0.1) is 23.4 Å². The molecule has 3 amide bonds. The number of halogens is 2. The van der Waals surface area contributed by atoms with Crippen LogP contribution in [-0.4, -0.2) is 39.9 Å². The van der Waals surface area contributed by atoms with Crippen molar-refractivity contribution >= 4 is 66.9 Å². The Bertz CT molecular complexity index is 1330. The molecule has 7 nitrogen and oxygen atoms in total. The summed E-state index contributed by atoms with van der Waals surface area (Å²) in [7, 11) is 0. The van der Waals surface area contributed by atoms with Crippen molar-refractivity contribution in [3.8, 4) is 5.75 Å². The van der Waals surface area contributed by atoms with Crippen LogP contribution in [0.1, 0.15) is 30.9 Å². The highest BCUT2D eigenvalue weighted by Gasteiger charge is 2.66. The number of alkyl halides is 2. The molecule has 2 saturated carbocycles. The van der Waals surface area contributed by atoms with E-state index < -0.39 is 11.9 Å². The number of carbonyl (C=O) groups is 4. The van der Waals surface area contributed by atoms with E-state index in [2.05, 4.69) is 31.9 Å². The minimum atomic E-state index is -0.571. The second-order valence-electron chi connectivity index (χ2n) is 10.8. The Morgan fingerprint density at radius 1 is 0.974 bits per heavy atom. The lowest BCUT2D eigenvalue weighted by atomic mass is 9.81. The first kappa shape index (κ1) is 25.7. The van der Waals surface area contributed by atoms with Gasteiger partial charge in [0.2, 0.25) is 17.7 Å². The molecular formula is C29H28Br2N2O5. The number of hydrogen-bond acceptors (Lipinski definition) is 5. The molecule has 2 aromatic carbocycles. The Morgan fingerprint density at radius 2 is 1.63 bits per heavy atom. The summed E-state index contributed by atoms with van der Waals surface area (Å²) < 4.78 is 5.67. The minimum absolute atomic E-state index is 0.0959. The molecule has 0 radical (unpaired) electrons. The number of rotatable bonds is 5. The summed E-state index contributed by atoms with van der Waals surface area (Å²) in [6, 6.07) is 12.7. The molecule has 0 unspecified atom stereocenters. The van der Waals surface area contributed by atoms with Crippen LogP contribution in [0.25, 0.3) is 0 Å². The maximum Gasteiger partial charge on any atom is 0.316 e. The molecule has 0 N–H and O–H groups in total. The van der Waals surface area contributed by atoms with Crippen molar-refractivity contribution in [3.63, 3.8) is 0 Å². The Kier molecular flexibility index (Phi) is 6.50. The topological polar surface area (TPSA) is 84.0 Å². The van der Waals surface area contributed by atoms with Crippen LogP contribution in [0.3, 0.4) is 0 Å². The molecule has 9 heteroatoms. The predicted octanol–water partition coefficient (Wildman–Crippen LogP) is 4.80. The first-order valence-corrected chi connectivity index (χ1v) is 14.9. The quantitative estimate of drug-likeness (QED) is 0.202. The first-order chi connectivity index (χ1) is 18.2. The summed E-state index contributed by atoms with van der Waals surface area (Å²) in [5.41, 5.74) is 3.11. The van der Waals surface area contributed by atoms with Gasteiger partial charge in [0.25, 0.3) is 0 Å². The van der Waals surface area contributed by atoms with E-state index >= 15 is 0 Å². The highest BCUT2D eigenvalue weighted by molar-refractivity contribution is 9.12. The van der Waals surface area contributed by atoms with E-state index in [0.717, 1.165) is 24.1 Å². The molecule has 7 atom stereocenters. The van der Waals surface area contributed by atoms with Gasteiger partial charge >= 0.3 is 5.97 Å². The molecule has 0 spiro atoms. The summed E-state index contributed by atoms with van der Waals surface area (Å²) in [6.45, 7) is 4.11. The van der Waals surface area contributed by atoms with Crippen molar-refractivity contribution < 1.29 is 23.9 Å². The number of hydrogen-bond donors (Lipinski definition) is 0. The van der Waals surface area contributed by atoms with E-state index in [0.29, 0.717) is 17.0 Å². The van der Waals surface area contributed by atoms with Gasteiger partial charge in [-0.3, -0.25) is 19.2 Å². The van der Waals surface area contributed by atoms with Crippen molar-refractivity contribution in [2.45, 2.75) is 42.8 Å². The smallest absolute Gasteiger partial charge is 0.316 e. The number of fused-ring (bicyclic) bond motifs is 5. The Hall–Kier alpha value is -2.52.